The number of rotatable bonds is 10. The molecule has 0 spiro atoms. The Morgan fingerprint density at radius 2 is 1.81 bits per heavy atom. The second-order valence-corrected chi connectivity index (χ2v) is 12.3. The Morgan fingerprint density at radius 3 is 2.44 bits per heavy atom. The first-order valence-corrected chi connectivity index (χ1v) is 15.5. The number of benzene rings is 2. The molecule has 43 heavy (non-hydrogen) atoms. The maximum Gasteiger partial charge on any atom is 0.306 e. The molecule has 5 rings (SSSR count). The van der Waals surface area contributed by atoms with Crippen molar-refractivity contribution < 1.29 is 19.4 Å². The van der Waals surface area contributed by atoms with E-state index in [0.717, 1.165) is 80.1 Å². The molecule has 0 unspecified atom stereocenters. The molecule has 1 aliphatic rings. The molecule has 0 saturated heterocycles. The summed E-state index contributed by atoms with van der Waals surface area (Å²) in [6, 6.07) is 10.1. The molecule has 2 aromatic heterocycles. The molecule has 228 valence electrons. The number of carboxylic acid groups (broad SMARTS) is 1. The molecular formula is C34H41ClN4O4. The highest BCUT2D eigenvalue weighted by Gasteiger charge is 2.27. The summed E-state index contributed by atoms with van der Waals surface area (Å²) in [5.74, 6) is -0.0533. The standard InChI is InChI=1S/C34H41ClN4O4/c1-19-16-25(17-20(2)30(19)35)43-15-7-10-27-26-8-6-9-28(29-21(3)38-39(5)22(29)4)31(26)37-32(27)33(40)36-18-23-11-13-24(14-12-23)34(41)42/h6,8-9,16-17,23-24,37H,7,10-15,18H2,1-5H3,(H,36,40)(H,41,42)/t23-,24-. The molecule has 0 bridgehead atoms. The van der Waals surface area contributed by atoms with E-state index in [-0.39, 0.29) is 17.7 Å². The number of nitrogens with one attached hydrogen (secondary N) is 2. The number of carboxylic acids is 1. The number of hydrogen-bond donors (Lipinski definition) is 3. The summed E-state index contributed by atoms with van der Waals surface area (Å²) in [7, 11) is 1.94. The van der Waals surface area contributed by atoms with Crippen LogP contribution in [0.5, 0.6) is 5.75 Å². The molecule has 0 atom stereocenters. The van der Waals surface area contributed by atoms with E-state index in [1.165, 1.54) is 0 Å². The summed E-state index contributed by atoms with van der Waals surface area (Å²) in [6.45, 7) is 9.05. The van der Waals surface area contributed by atoms with E-state index in [9.17, 15) is 14.7 Å². The van der Waals surface area contributed by atoms with Crippen LogP contribution < -0.4 is 10.1 Å². The number of aromatic nitrogens is 3. The van der Waals surface area contributed by atoms with Crippen molar-refractivity contribution in [2.45, 2.75) is 66.2 Å². The third-order valence-electron chi connectivity index (χ3n) is 8.94. The zero-order chi connectivity index (χ0) is 30.8. The fourth-order valence-electron chi connectivity index (χ4n) is 6.47. The number of nitrogens with zero attached hydrogens (tertiary/aromatic N) is 2. The Kier molecular flexibility index (Phi) is 9.16. The highest BCUT2D eigenvalue weighted by atomic mass is 35.5. The minimum Gasteiger partial charge on any atom is -0.494 e. The van der Waals surface area contributed by atoms with Gasteiger partial charge in [-0.15, -0.1) is 0 Å². The number of amides is 1. The number of aromatic amines is 1. The number of fused-ring (bicyclic) bond motifs is 1. The minimum absolute atomic E-state index is 0.137. The van der Waals surface area contributed by atoms with Crippen molar-refractivity contribution in [1.82, 2.24) is 20.1 Å². The normalized spacial score (nSPS) is 16.9. The smallest absolute Gasteiger partial charge is 0.306 e. The molecule has 1 amide bonds. The number of carbonyl (C=O) groups is 2. The van der Waals surface area contributed by atoms with Gasteiger partial charge in [0.2, 0.25) is 0 Å². The lowest BCUT2D eigenvalue weighted by molar-refractivity contribution is -0.143. The zero-order valence-corrected chi connectivity index (χ0v) is 26.4. The van der Waals surface area contributed by atoms with E-state index in [0.29, 0.717) is 38.1 Å². The minimum atomic E-state index is -0.717. The van der Waals surface area contributed by atoms with Crippen LogP contribution >= 0.6 is 11.6 Å². The molecule has 1 aliphatic carbocycles. The largest absolute Gasteiger partial charge is 0.494 e. The first-order chi connectivity index (χ1) is 20.5. The molecule has 0 aliphatic heterocycles. The van der Waals surface area contributed by atoms with Crippen LogP contribution in [0.2, 0.25) is 5.02 Å². The predicted molar refractivity (Wildman–Crippen MR) is 170 cm³/mol. The number of halogens is 1. The number of carbonyl (C=O) groups excluding carboxylic acids is 1. The molecule has 9 heteroatoms. The molecule has 1 saturated carbocycles. The van der Waals surface area contributed by atoms with Gasteiger partial charge in [0.15, 0.2) is 0 Å². The first kappa shape index (κ1) is 30.7. The van der Waals surface area contributed by atoms with Crippen molar-refractivity contribution in [3.8, 4) is 16.9 Å². The lowest BCUT2D eigenvalue weighted by Crippen LogP contribution is -2.33. The summed E-state index contributed by atoms with van der Waals surface area (Å²) in [4.78, 5) is 28.5. The highest BCUT2D eigenvalue weighted by Crippen LogP contribution is 2.36. The number of hydrogen-bond acceptors (Lipinski definition) is 4. The average Bonchev–Trinajstić information content (AvgIpc) is 3.48. The number of H-pyrrole nitrogens is 1. The zero-order valence-electron chi connectivity index (χ0n) is 25.6. The third kappa shape index (κ3) is 6.44. The number of aliphatic carboxylic acids is 1. The number of aryl methyl sites for hydroxylation is 5. The van der Waals surface area contributed by atoms with Crippen LogP contribution in [-0.4, -0.2) is 44.9 Å². The van der Waals surface area contributed by atoms with E-state index >= 15 is 0 Å². The summed E-state index contributed by atoms with van der Waals surface area (Å²) >= 11 is 6.33. The Balaban J connectivity index is 1.39. The molecule has 1 fully saturated rings. The van der Waals surface area contributed by atoms with Crippen molar-refractivity contribution in [3.63, 3.8) is 0 Å². The Bertz CT molecular complexity index is 1640. The number of ether oxygens (including phenoxy) is 1. The van der Waals surface area contributed by atoms with E-state index in [1.807, 2.05) is 50.7 Å². The van der Waals surface area contributed by atoms with Crippen LogP contribution in [-0.2, 0) is 18.3 Å². The van der Waals surface area contributed by atoms with Gasteiger partial charge in [-0.2, -0.15) is 5.10 Å². The van der Waals surface area contributed by atoms with Gasteiger partial charge in [-0.05, 0) is 101 Å². The molecule has 0 radical (unpaired) electrons. The molecule has 2 aromatic carbocycles. The fraction of sp³-hybridized carbons (Fsp3) is 0.441. The van der Waals surface area contributed by atoms with Crippen LogP contribution in [0.1, 0.15) is 70.7 Å². The van der Waals surface area contributed by atoms with E-state index in [1.54, 1.807) is 0 Å². The van der Waals surface area contributed by atoms with Crippen LogP contribution in [0.4, 0.5) is 0 Å². The second-order valence-electron chi connectivity index (χ2n) is 12.0. The maximum atomic E-state index is 13.7. The number of para-hydroxylation sites is 1. The lowest BCUT2D eigenvalue weighted by Gasteiger charge is -2.26. The molecule has 8 nitrogen and oxygen atoms in total. The van der Waals surface area contributed by atoms with Crippen LogP contribution in [0.15, 0.2) is 30.3 Å². The summed E-state index contributed by atoms with van der Waals surface area (Å²) in [5.41, 5.74) is 8.52. The van der Waals surface area contributed by atoms with Crippen molar-refractivity contribution in [1.29, 1.82) is 0 Å². The fourth-order valence-corrected chi connectivity index (χ4v) is 6.58. The van der Waals surface area contributed by atoms with E-state index < -0.39 is 5.97 Å². The molecular weight excluding hydrogens is 564 g/mol. The van der Waals surface area contributed by atoms with Crippen LogP contribution in [0.3, 0.4) is 0 Å². The average molecular weight is 605 g/mol. The van der Waals surface area contributed by atoms with E-state index in [4.69, 9.17) is 16.3 Å². The van der Waals surface area contributed by atoms with Gasteiger partial charge in [0.25, 0.3) is 5.91 Å². The Labute approximate surface area is 257 Å². The summed E-state index contributed by atoms with van der Waals surface area (Å²) in [5, 5.41) is 18.9. The first-order valence-electron chi connectivity index (χ1n) is 15.1. The van der Waals surface area contributed by atoms with Crippen molar-refractivity contribution in [2.24, 2.45) is 18.9 Å². The van der Waals surface area contributed by atoms with Gasteiger partial charge in [0.05, 0.1) is 23.7 Å². The summed E-state index contributed by atoms with van der Waals surface area (Å²) < 4.78 is 7.98. The topological polar surface area (TPSA) is 109 Å². The Hall–Kier alpha value is -3.78. The molecule has 2 heterocycles. The highest BCUT2D eigenvalue weighted by molar-refractivity contribution is 6.32. The predicted octanol–water partition coefficient (Wildman–Crippen LogP) is 7.09. The SMILES string of the molecule is Cc1cc(OCCCc2c(C(=O)NC[C@H]3CC[C@H](C(=O)O)CC3)[nH]c3c(-c4c(C)nn(C)c4C)cccc23)cc(C)c1Cl. The quantitative estimate of drug-likeness (QED) is 0.167. The van der Waals surface area contributed by atoms with Gasteiger partial charge < -0.3 is 20.1 Å². The van der Waals surface area contributed by atoms with Crippen molar-refractivity contribution >= 4 is 34.4 Å². The van der Waals surface area contributed by atoms with Crippen molar-refractivity contribution in [3.05, 3.63) is 69.1 Å². The van der Waals surface area contributed by atoms with Gasteiger partial charge >= 0.3 is 5.97 Å². The van der Waals surface area contributed by atoms with Gasteiger partial charge in [-0.1, -0.05) is 29.8 Å². The van der Waals surface area contributed by atoms with Gasteiger partial charge in [0.1, 0.15) is 11.4 Å². The lowest BCUT2D eigenvalue weighted by atomic mass is 9.82. The van der Waals surface area contributed by atoms with Crippen LogP contribution in [0.25, 0.3) is 22.0 Å². The van der Waals surface area contributed by atoms with Gasteiger partial charge in [-0.25, -0.2) is 0 Å². The second kappa shape index (κ2) is 12.8. The van der Waals surface area contributed by atoms with Crippen molar-refractivity contribution in [2.75, 3.05) is 13.2 Å². The molecule has 4 aromatic rings. The maximum absolute atomic E-state index is 13.7. The summed E-state index contributed by atoms with van der Waals surface area (Å²) in [6.07, 6.45) is 4.32. The van der Waals surface area contributed by atoms with Gasteiger partial charge in [-0.3, -0.25) is 14.3 Å². The van der Waals surface area contributed by atoms with Crippen LogP contribution in [0, 0.1) is 39.5 Å². The molecule has 3 N–H and O–H groups in total. The Morgan fingerprint density at radius 1 is 1.12 bits per heavy atom. The third-order valence-corrected chi connectivity index (χ3v) is 9.54. The monoisotopic (exact) mass is 604 g/mol. The van der Waals surface area contributed by atoms with Gasteiger partial charge in [0, 0.05) is 40.8 Å². The van der Waals surface area contributed by atoms with E-state index in [2.05, 4.69) is 34.5 Å².